The van der Waals surface area contributed by atoms with Crippen LogP contribution in [-0.2, 0) is 4.74 Å². The third-order valence-corrected chi connectivity index (χ3v) is 5.13. The number of aliphatic hydroxyl groups is 3. The molecule has 2 aromatic heterocycles. The van der Waals surface area contributed by atoms with Crippen LogP contribution in [0.25, 0.3) is 11.2 Å². The predicted octanol–water partition coefficient (Wildman–Crippen LogP) is -1.17. The van der Waals surface area contributed by atoms with E-state index in [-0.39, 0.29) is 23.1 Å². The number of rotatable bonds is 6. The van der Waals surface area contributed by atoms with E-state index >= 15 is 0 Å². The zero-order valence-electron chi connectivity index (χ0n) is 17.4. The zero-order chi connectivity index (χ0) is 23.0. The van der Waals surface area contributed by atoms with Crippen molar-refractivity contribution in [2.75, 3.05) is 36.8 Å². The molecule has 3 aromatic rings. The van der Waals surface area contributed by atoms with Crippen LogP contribution in [0.4, 0.5) is 17.6 Å². The van der Waals surface area contributed by atoms with Gasteiger partial charge in [0.2, 0.25) is 11.9 Å². The number of hydrogen-bond acceptors (Lipinski definition) is 11. The molecule has 4 atom stereocenters. The fourth-order valence-corrected chi connectivity index (χ4v) is 3.44. The molecule has 1 saturated heterocycles. The summed E-state index contributed by atoms with van der Waals surface area (Å²) in [6.07, 6.45) is -3.45. The van der Waals surface area contributed by atoms with Crippen LogP contribution in [0.1, 0.15) is 11.8 Å². The Morgan fingerprint density at radius 1 is 1.28 bits per heavy atom. The van der Waals surface area contributed by atoms with Gasteiger partial charge >= 0.3 is 0 Å². The van der Waals surface area contributed by atoms with E-state index in [1.807, 2.05) is 43.3 Å². The molecule has 7 N–H and O–H groups in total. The number of benzene rings is 1. The molecule has 13 nitrogen and oxygen atoms in total. The molecule has 1 aliphatic heterocycles. The van der Waals surface area contributed by atoms with E-state index in [0.29, 0.717) is 0 Å². The van der Waals surface area contributed by atoms with Crippen molar-refractivity contribution in [3.05, 3.63) is 40.2 Å². The summed E-state index contributed by atoms with van der Waals surface area (Å²) in [5.74, 6) is -0.133. The molecule has 0 saturated carbocycles. The maximum absolute atomic E-state index is 12.3. The van der Waals surface area contributed by atoms with Crippen LogP contribution in [-0.4, -0.2) is 80.1 Å². The number of nitrogens with two attached hydrogens (primary N) is 1. The van der Waals surface area contributed by atoms with Gasteiger partial charge in [0.1, 0.15) is 18.3 Å². The summed E-state index contributed by atoms with van der Waals surface area (Å²) in [4.78, 5) is 24.9. The van der Waals surface area contributed by atoms with Crippen molar-refractivity contribution >= 4 is 35.0 Å². The van der Waals surface area contributed by atoms with Crippen LogP contribution in [0.3, 0.4) is 0 Å². The third kappa shape index (κ3) is 3.89. The number of hydrogen-bond donors (Lipinski definition) is 6. The number of aromatic nitrogens is 4. The molecule has 0 radical (unpaired) electrons. The molecule has 13 heteroatoms. The van der Waals surface area contributed by atoms with Gasteiger partial charge in [0.05, 0.1) is 12.8 Å². The lowest BCUT2D eigenvalue weighted by atomic mass is 10.1. The first kappa shape index (κ1) is 21.7. The summed E-state index contributed by atoms with van der Waals surface area (Å²) in [6.45, 7) is -0.513. The summed E-state index contributed by atoms with van der Waals surface area (Å²) < 4.78 is 6.87. The maximum atomic E-state index is 12.3. The second-order valence-electron chi connectivity index (χ2n) is 7.51. The summed E-state index contributed by atoms with van der Waals surface area (Å²) in [6, 6.07) is 7.62. The van der Waals surface area contributed by atoms with Gasteiger partial charge in [0.25, 0.3) is 5.56 Å². The number of ether oxygens (including phenoxy) is 1. The zero-order valence-corrected chi connectivity index (χ0v) is 17.4. The molecule has 1 aliphatic rings. The predicted molar refractivity (Wildman–Crippen MR) is 118 cm³/mol. The molecule has 0 spiro atoms. The number of nitrogen functional groups attached to an aromatic ring is 1. The van der Waals surface area contributed by atoms with Gasteiger partial charge in [-0.15, -0.1) is 0 Å². The first-order valence-electron chi connectivity index (χ1n) is 9.76. The molecular formula is C19H24N8O5. The fraction of sp³-hybridized carbons (Fsp3) is 0.368. The number of imidazole rings is 1. The molecule has 3 heterocycles. The lowest BCUT2D eigenvalue weighted by Gasteiger charge is -2.18. The van der Waals surface area contributed by atoms with E-state index in [9.17, 15) is 20.1 Å². The molecule has 170 valence electrons. The standard InChI is InChI=1S/C19H24N8O5/c1-26(2)10-5-3-9(4-6-10)7-21-25-19-22-12-15(23-18(20)24-16(12)31)27(19)17-14(30)13(29)11(8-28)32-17/h3-7,11,13-14,17,28-30H,8H2,1-2H3,(H,22,25)(H3,20,23,24,31)/b21-7-/t11-,13+,14-,17+/m0/s1. The molecular weight excluding hydrogens is 420 g/mol. The normalized spacial score (nSPS) is 23.3. The number of nitrogens with zero attached hydrogens (tertiary/aromatic N) is 5. The molecule has 1 fully saturated rings. The molecule has 0 bridgehead atoms. The van der Waals surface area contributed by atoms with Gasteiger partial charge in [-0.05, 0) is 17.7 Å². The number of anilines is 3. The van der Waals surface area contributed by atoms with Crippen LogP contribution in [0.5, 0.6) is 0 Å². The topological polar surface area (TPSA) is 187 Å². The summed E-state index contributed by atoms with van der Waals surface area (Å²) >= 11 is 0. The van der Waals surface area contributed by atoms with Crippen molar-refractivity contribution in [1.29, 1.82) is 0 Å². The van der Waals surface area contributed by atoms with E-state index in [2.05, 4.69) is 25.5 Å². The van der Waals surface area contributed by atoms with Gasteiger partial charge in [-0.3, -0.25) is 14.3 Å². The van der Waals surface area contributed by atoms with Crippen molar-refractivity contribution in [2.24, 2.45) is 5.10 Å². The Morgan fingerprint density at radius 2 is 2.00 bits per heavy atom. The molecule has 1 aromatic carbocycles. The Bertz CT molecular complexity index is 1190. The number of fused-ring (bicyclic) bond motifs is 1. The van der Waals surface area contributed by atoms with Crippen LogP contribution < -0.4 is 21.6 Å². The Labute approximate surface area is 181 Å². The van der Waals surface area contributed by atoms with E-state index in [1.165, 1.54) is 4.57 Å². The molecule has 32 heavy (non-hydrogen) atoms. The summed E-state index contributed by atoms with van der Waals surface area (Å²) in [5.41, 5.74) is 9.60. The van der Waals surface area contributed by atoms with Gasteiger partial charge in [0.15, 0.2) is 17.4 Å². The van der Waals surface area contributed by atoms with Gasteiger partial charge in [-0.25, -0.2) is 10.4 Å². The van der Waals surface area contributed by atoms with Crippen LogP contribution in [0, 0.1) is 0 Å². The number of nitrogens with one attached hydrogen (secondary N) is 2. The van der Waals surface area contributed by atoms with Crippen molar-refractivity contribution in [3.63, 3.8) is 0 Å². The lowest BCUT2D eigenvalue weighted by molar-refractivity contribution is -0.0501. The van der Waals surface area contributed by atoms with Crippen LogP contribution in [0.15, 0.2) is 34.2 Å². The Morgan fingerprint density at radius 3 is 2.62 bits per heavy atom. The summed E-state index contributed by atoms with van der Waals surface area (Å²) in [5, 5.41) is 34.2. The quantitative estimate of drug-likeness (QED) is 0.200. The minimum atomic E-state index is -1.42. The first-order valence-corrected chi connectivity index (χ1v) is 9.76. The second-order valence-corrected chi connectivity index (χ2v) is 7.51. The lowest BCUT2D eigenvalue weighted by Crippen LogP contribution is -2.33. The average Bonchev–Trinajstić information content (AvgIpc) is 3.25. The second kappa shape index (κ2) is 8.55. The van der Waals surface area contributed by atoms with Crippen LogP contribution >= 0.6 is 0 Å². The van der Waals surface area contributed by atoms with Crippen molar-refractivity contribution < 1.29 is 20.1 Å². The fourth-order valence-electron chi connectivity index (χ4n) is 3.44. The Kier molecular flexibility index (Phi) is 5.80. The van der Waals surface area contributed by atoms with Gasteiger partial charge in [0, 0.05) is 19.8 Å². The Balaban J connectivity index is 1.70. The SMILES string of the molecule is CN(C)c1ccc(/C=N\Nc2nc3c(=O)[nH]c(N)nc3n2[C@@H]2O[C@@H](CO)[C@@H](O)[C@@H]2O)cc1. The van der Waals surface area contributed by atoms with Crippen molar-refractivity contribution in [1.82, 2.24) is 19.5 Å². The van der Waals surface area contributed by atoms with E-state index in [0.717, 1.165) is 11.3 Å². The van der Waals surface area contributed by atoms with Gasteiger partial charge < -0.3 is 30.7 Å². The molecule has 0 aliphatic carbocycles. The molecule has 0 unspecified atom stereocenters. The van der Waals surface area contributed by atoms with E-state index in [1.54, 1.807) is 6.21 Å². The monoisotopic (exact) mass is 444 g/mol. The molecule has 0 amide bonds. The number of aliphatic hydroxyl groups excluding tert-OH is 3. The molecule has 4 rings (SSSR count). The highest BCUT2D eigenvalue weighted by Crippen LogP contribution is 2.33. The van der Waals surface area contributed by atoms with Crippen LogP contribution in [0.2, 0.25) is 0 Å². The maximum Gasteiger partial charge on any atom is 0.280 e. The van der Waals surface area contributed by atoms with E-state index < -0.39 is 36.7 Å². The highest BCUT2D eigenvalue weighted by molar-refractivity contribution is 5.81. The number of aromatic amines is 1. The minimum Gasteiger partial charge on any atom is -0.394 e. The first-order chi connectivity index (χ1) is 15.3. The largest absolute Gasteiger partial charge is 0.394 e. The van der Waals surface area contributed by atoms with Crippen molar-refractivity contribution in [2.45, 2.75) is 24.5 Å². The van der Waals surface area contributed by atoms with Gasteiger partial charge in [-0.2, -0.15) is 10.1 Å². The van der Waals surface area contributed by atoms with Crippen molar-refractivity contribution in [3.8, 4) is 0 Å². The average molecular weight is 444 g/mol. The summed E-state index contributed by atoms with van der Waals surface area (Å²) in [7, 11) is 3.88. The number of H-pyrrole nitrogens is 1. The third-order valence-electron chi connectivity index (χ3n) is 5.13. The van der Waals surface area contributed by atoms with Gasteiger partial charge in [-0.1, -0.05) is 12.1 Å². The smallest absolute Gasteiger partial charge is 0.280 e. The highest BCUT2D eigenvalue weighted by atomic mass is 16.6. The highest BCUT2D eigenvalue weighted by Gasteiger charge is 2.45. The van der Waals surface area contributed by atoms with E-state index in [4.69, 9.17) is 10.5 Å². The minimum absolute atomic E-state index is 0.0223. The Hall–Kier alpha value is -3.52. The number of hydrazone groups is 1.